The van der Waals surface area contributed by atoms with Crippen LogP contribution in [0.15, 0.2) is 0 Å². The maximum atomic E-state index is 13.2. The molecule has 3 fully saturated rings. The normalized spacial score (nSPS) is 29.0. The molecule has 430 valence electrons. The zero-order chi connectivity index (χ0) is 56.8. The third kappa shape index (κ3) is 21.5. The summed E-state index contributed by atoms with van der Waals surface area (Å²) < 4.78 is 92.5. The Bertz CT molecular complexity index is 2010. The summed E-state index contributed by atoms with van der Waals surface area (Å²) in [5.41, 5.74) is 0. The van der Waals surface area contributed by atoms with Crippen molar-refractivity contribution in [1.29, 1.82) is 0 Å². The number of carbonyl (C=O) groups excluding carboxylic acids is 11. The fraction of sp³-hybridized carbons (Fsp3) is 0.771. The number of amides is 1. The van der Waals surface area contributed by atoms with Crippen molar-refractivity contribution in [2.75, 3.05) is 33.5 Å². The molecule has 1 amide bonds. The number of ether oxygens (including phenoxy) is 16. The lowest BCUT2D eigenvalue weighted by molar-refractivity contribution is -0.368. The lowest BCUT2D eigenvalue weighted by Gasteiger charge is -2.51. The van der Waals surface area contributed by atoms with E-state index in [9.17, 15) is 52.7 Å². The van der Waals surface area contributed by atoms with E-state index in [0.717, 1.165) is 88.5 Å². The van der Waals surface area contributed by atoms with Gasteiger partial charge in [0.2, 0.25) is 5.91 Å². The van der Waals surface area contributed by atoms with Crippen LogP contribution in [0.3, 0.4) is 0 Å². The molecule has 1 N–H and O–H groups in total. The van der Waals surface area contributed by atoms with E-state index >= 15 is 0 Å². The standard InChI is InChI=1S/C48H71NO27/c1-23(50)49-37-41(68-29(7)56)38(75-48-45(71-32(10)59)42(69-30(8)57)39(66-27(5)54)35(74-48)22-65-26(4)53)33(20-63-24(2)51)72-46(37)76-43-40(67-28(6)55)34(21-64-25(3)52)73-47(44(43)70-31(9)58)62-19-17-15-13-12-14-16-18-36(60)61-11/h33-35,37-48H,12-22H2,1-11H3,(H,49,50). The number of esters is 10. The minimum Gasteiger partial charge on any atom is -0.469 e. The predicted molar refractivity (Wildman–Crippen MR) is 247 cm³/mol. The molecule has 3 aliphatic heterocycles. The molecule has 3 rings (SSSR count). The lowest BCUT2D eigenvalue weighted by atomic mass is 9.94. The van der Waals surface area contributed by atoms with E-state index in [1.807, 2.05) is 0 Å². The van der Waals surface area contributed by atoms with Gasteiger partial charge in [-0.1, -0.05) is 25.7 Å². The maximum absolute atomic E-state index is 13.2. The first-order chi connectivity index (χ1) is 35.8. The summed E-state index contributed by atoms with van der Waals surface area (Å²) in [5.74, 6) is -9.32. The molecular weight excluding hydrogens is 1020 g/mol. The van der Waals surface area contributed by atoms with Gasteiger partial charge in [-0.25, -0.2) is 0 Å². The van der Waals surface area contributed by atoms with Crippen LogP contribution in [0.4, 0.5) is 0 Å². The van der Waals surface area contributed by atoms with Gasteiger partial charge in [0, 0.05) is 82.3 Å². The molecule has 0 saturated carbocycles. The van der Waals surface area contributed by atoms with Gasteiger partial charge in [0.25, 0.3) is 0 Å². The Morgan fingerprint density at radius 1 is 0.382 bits per heavy atom. The summed E-state index contributed by atoms with van der Waals surface area (Å²) in [6, 6.07) is -1.72. The topological polar surface area (TPSA) is 347 Å². The molecule has 76 heavy (non-hydrogen) atoms. The van der Waals surface area contributed by atoms with Gasteiger partial charge >= 0.3 is 59.7 Å². The first-order valence-corrected chi connectivity index (χ1v) is 24.5. The number of hydrogen-bond acceptors (Lipinski definition) is 27. The van der Waals surface area contributed by atoms with E-state index < -0.39 is 172 Å². The first-order valence-electron chi connectivity index (χ1n) is 24.5. The molecule has 0 bridgehead atoms. The second-order valence-electron chi connectivity index (χ2n) is 17.7. The second-order valence-corrected chi connectivity index (χ2v) is 17.7. The Kier molecular flexibility index (Phi) is 26.9. The van der Waals surface area contributed by atoms with E-state index in [-0.39, 0.29) is 12.6 Å². The van der Waals surface area contributed by atoms with Crippen molar-refractivity contribution in [1.82, 2.24) is 5.32 Å². The van der Waals surface area contributed by atoms with Crippen LogP contribution in [0.5, 0.6) is 0 Å². The number of hydrogen-bond donors (Lipinski definition) is 1. The van der Waals surface area contributed by atoms with E-state index in [1.165, 1.54) is 7.11 Å². The molecule has 0 aromatic heterocycles. The Balaban J connectivity index is 2.22. The molecule has 3 aliphatic rings. The fourth-order valence-electron chi connectivity index (χ4n) is 8.38. The van der Waals surface area contributed by atoms with Crippen molar-refractivity contribution in [3.8, 4) is 0 Å². The average molecular weight is 1090 g/mol. The van der Waals surface area contributed by atoms with Gasteiger partial charge in [-0.3, -0.25) is 52.7 Å². The maximum Gasteiger partial charge on any atom is 0.305 e. The van der Waals surface area contributed by atoms with Crippen molar-refractivity contribution in [2.45, 2.75) is 206 Å². The van der Waals surface area contributed by atoms with Crippen molar-refractivity contribution < 1.29 is 129 Å². The zero-order valence-corrected chi connectivity index (χ0v) is 44.5. The van der Waals surface area contributed by atoms with Crippen LogP contribution < -0.4 is 5.32 Å². The Hall–Kier alpha value is -6.07. The summed E-state index contributed by atoms with van der Waals surface area (Å²) in [4.78, 5) is 138. The molecule has 15 atom stereocenters. The molecule has 0 spiro atoms. The number of nitrogens with one attached hydrogen (secondary N) is 1. The number of rotatable bonds is 27. The van der Waals surface area contributed by atoms with Crippen molar-refractivity contribution in [3.63, 3.8) is 0 Å². The molecule has 3 heterocycles. The van der Waals surface area contributed by atoms with Crippen molar-refractivity contribution >= 4 is 65.6 Å². The highest BCUT2D eigenvalue weighted by molar-refractivity contribution is 5.74. The number of unbranched alkanes of at least 4 members (excludes halogenated alkanes) is 5. The molecule has 0 aliphatic carbocycles. The molecule has 28 heteroatoms. The second kappa shape index (κ2) is 31.9. The summed E-state index contributed by atoms with van der Waals surface area (Å²) in [5, 5.41) is 2.59. The minimum absolute atomic E-state index is 0.00151. The van der Waals surface area contributed by atoms with Gasteiger partial charge in [0.05, 0.1) is 7.11 Å². The SMILES string of the molecule is COC(=O)CCCCCCCCOC1OC(COC(C)=O)C(OC(C)=O)C(OC2OC(COC(C)=O)C(OC3OC(COC(C)=O)C(OC(C)=O)C(OC(C)=O)C3OC(C)=O)C(OC(C)=O)C2NC(C)=O)C1OC(C)=O. The van der Waals surface area contributed by atoms with Gasteiger partial charge in [-0.05, 0) is 12.8 Å². The third-order valence-electron chi connectivity index (χ3n) is 11.2. The first kappa shape index (κ1) is 64.2. The molecular formula is C48H71NO27. The van der Waals surface area contributed by atoms with E-state index in [2.05, 4.69) is 10.1 Å². The average Bonchev–Trinajstić information content (AvgIpc) is 3.30. The number of methoxy groups -OCH3 is 1. The smallest absolute Gasteiger partial charge is 0.305 e. The van der Waals surface area contributed by atoms with Crippen LogP contribution in [-0.4, -0.2) is 191 Å². The highest BCUT2D eigenvalue weighted by Crippen LogP contribution is 2.38. The van der Waals surface area contributed by atoms with Gasteiger partial charge in [-0.2, -0.15) is 0 Å². The summed E-state index contributed by atoms with van der Waals surface area (Å²) in [6.45, 7) is 8.33. The molecule has 28 nitrogen and oxygen atoms in total. The van der Waals surface area contributed by atoms with Gasteiger partial charge in [0.1, 0.15) is 56.4 Å². The Morgan fingerprint density at radius 3 is 1.21 bits per heavy atom. The van der Waals surface area contributed by atoms with Gasteiger partial charge < -0.3 is 81.1 Å². The van der Waals surface area contributed by atoms with Crippen LogP contribution in [0.1, 0.15) is 114 Å². The molecule has 15 unspecified atom stereocenters. The van der Waals surface area contributed by atoms with Gasteiger partial charge in [-0.15, -0.1) is 0 Å². The summed E-state index contributed by atoms with van der Waals surface area (Å²) in [7, 11) is 1.32. The van der Waals surface area contributed by atoms with E-state index in [4.69, 9.17) is 71.1 Å². The largest absolute Gasteiger partial charge is 0.469 e. The quantitative estimate of drug-likeness (QED) is 0.0670. The minimum atomic E-state index is -1.97. The van der Waals surface area contributed by atoms with Crippen molar-refractivity contribution in [3.05, 3.63) is 0 Å². The summed E-state index contributed by atoms with van der Waals surface area (Å²) in [6.07, 6.45) is -19.5. The van der Waals surface area contributed by atoms with Crippen LogP contribution in [-0.2, 0) is 129 Å². The van der Waals surface area contributed by atoms with Crippen LogP contribution in [0.2, 0.25) is 0 Å². The zero-order valence-electron chi connectivity index (χ0n) is 44.5. The highest BCUT2D eigenvalue weighted by Gasteiger charge is 2.59. The summed E-state index contributed by atoms with van der Waals surface area (Å²) >= 11 is 0. The van der Waals surface area contributed by atoms with E-state index in [0.29, 0.717) is 25.7 Å². The molecule has 0 aromatic rings. The van der Waals surface area contributed by atoms with Gasteiger partial charge in [0.15, 0.2) is 55.5 Å². The predicted octanol–water partition coefficient (Wildman–Crippen LogP) is 0.636. The lowest BCUT2D eigenvalue weighted by Crippen LogP contribution is -2.71. The molecule has 0 aromatic carbocycles. The highest BCUT2D eigenvalue weighted by atomic mass is 16.8. The van der Waals surface area contributed by atoms with Crippen LogP contribution in [0, 0.1) is 0 Å². The third-order valence-corrected chi connectivity index (χ3v) is 11.2. The van der Waals surface area contributed by atoms with E-state index in [1.54, 1.807) is 0 Å². The molecule has 0 radical (unpaired) electrons. The Morgan fingerprint density at radius 2 is 0.750 bits per heavy atom. The Labute approximate surface area is 438 Å². The monoisotopic (exact) mass is 1090 g/mol. The number of carbonyl (C=O) groups is 11. The fourth-order valence-corrected chi connectivity index (χ4v) is 8.38. The van der Waals surface area contributed by atoms with Crippen molar-refractivity contribution in [2.24, 2.45) is 0 Å². The van der Waals surface area contributed by atoms with Crippen LogP contribution >= 0.6 is 0 Å². The molecule has 3 saturated heterocycles. The van der Waals surface area contributed by atoms with Crippen LogP contribution in [0.25, 0.3) is 0 Å².